The molecule has 0 spiro atoms. The summed E-state index contributed by atoms with van der Waals surface area (Å²) in [5, 5.41) is 0.0223. The minimum atomic E-state index is -0.739. The summed E-state index contributed by atoms with van der Waals surface area (Å²) < 4.78 is 18.0. The first kappa shape index (κ1) is 23.7. The van der Waals surface area contributed by atoms with E-state index in [9.17, 15) is 23.6 Å². The first-order valence-electron chi connectivity index (χ1n) is 10.2. The van der Waals surface area contributed by atoms with Crippen molar-refractivity contribution in [1.82, 2.24) is 0 Å². The number of ketones is 1. The van der Waals surface area contributed by atoms with Crippen LogP contribution in [0.4, 0.5) is 10.1 Å². The Morgan fingerprint density at radius 3 is 2.21 bits per heavy atom. The molecule has 1 fully saturated rings. The molecule has 0 saturated carbocycles. The summed E-state index contributed by atoms with van der Waals surface area (Å²) in [4.78, 5) is 51.6. The number of thioether (sulfide) groups is 1. The molecular weight excluding hydrogens is 481 g/mol. The summed E-state index contributed by atoms with van der Waals surface area (Å²) in [6.07, 6.45) is 0.0570. The third-order valence-electron chi connectivity index (χ3n) is 5.06. The van der Waals surface area contributed by atoms with Crippen LogP contribution in [0.2, 0.25) is 5.02 Å². The molecule has 1 heterocycles. The summed E-state index contributed by atoms with van der Waals surface area (Å²) in [7, 11) is 0. The SMILES string of the molecule is O=C(COC(=O)c1ccc(N2C(=O)CC(Sc3ccc(Cl)cc3)C2=O)cc1)c1ccc(F)cc1. The van der Waals surface area contributed by atoms with Gasteiger partial charge in [0.2, 0.25) is 11.8 Å². The summed E-state index contributed by atoms with van der Waals surface area (Å²) in [5.41, 5.74) is 0.719. The number of hydrogen-bond acceptors (Lipinski definition) is 6. The fraction of sp³-hybridized carbons (Fsp3) is 0.120. The van der Waals surface area contributed by atoms with Crippen LogP contribution < -0.4 is 4.90 Å². The van der Waals surface area contributed by atoms with E-state index in [0.717, 1.165) is 21.9 Å². The Kier molecular flexibility index (Phi) is 7.09. The highest BCUT2D eigenvalue weighted by Gasteiger charge is 2.40. The summed E-state index contributed by atoms with van der Waals surface area (Å²) in [6, 6.07) is 17.7. The lowest BCUT2D eigenvalue weighted by molar-refractivity contribution is -0.121. The van der Waals surface area contributed by atoms with E-state index in [1.807, 2.05) is 0 Å². The van der Waals surface area contributed by atoms with Gasteiger partial charge in [0.05, 0.1) is 16.5 Å². The zero-order valence-electron chi connectivity index (χ0n) is 17.6. The molecule has 34 heavy (non-hydrogen) atoms. The molecule has 6 nitrogen and oxygen atoms in total. The molecule has 1 unspecified atom stereocenters. The van der Waals surface area contributed by atoms with Gasteiger partial charge in [-0.1, -0.05) is 11.6 Å². The highest BCUT2D eigenvalue weighted by atomic mass is 35.5. The van der Waals surface area contributed by atoms with Gasteiger partial charge in [-0.05, 0) is 72.8 Å². The number of carbonyl (C=O) groups excluding carboxylic acids is 4. The molecule has 0 aromatic heterocycles. The number of carbonyl (C=O) groups is 4. The molecule has 172 valence electrons. The maximum absolute atomic E-state index is 13.0. The average molecular weight is 498 g/mol. The van der Waals surface area contributed by atoms with Crippen LogP contribution in [0.15, 0.2) is 77.7 Å². The van der Waals surface area contributed by atoms with Crippen molar-refractivity contribution in [2.45, 2.75) is 16.6 Å². The second kappa shape index (κ2) is 10.2. The van der Waals surface area contributed by atoms with Crippen LogP contribution in [0, 0.1) is 5.82 Å². The molecule has 4 rings (SSSR count). The van der Waals surface area contributed by atoms with Gasteiger partial charge in [-0.2, -0.15) is 0 Å². The molecule has 0 aliphatic carbocycles. The van der Waals surface area contributed by atoms with Crippen LogP contribution in [0.5, 0.6) is 0 Å². The maximum Gasteiger partial charge on any atom is 0.338 e. The standard InChI is InChI=1S/C25H17ClFNO5S/c26-17-5-11-20(12-6-17)34-22-13-23(30)28(24(22)31)19-9-3-16(4-10-19)25(32)33-14-21(29)15-1-7-18(27)8-2-15/h1-12,22H,13-14H2. The van der Waals surface area contributed by atoms with E-state index < -0.39 is 29.4 Å². The van der Waals surface area contributed by atoms with E-state index in [1.54, 1.807) is 24.3 Å². The van der Waals surface area contributed by atoms with E-state index in [4.69, 9.17) is 16.3 Å². The molecule has 0 N–H and O–H groups in total. The normalized spacial score (nSPS) is 15.5. The van der Waals surface area contributed by atoms with Crippen molar-refractivity contribution >= 4 is 52.6 Å². The van der Waals surface area contributed by atoms with Gasteiger partial charge in [-0.15, -0.1) is 11.8 Å². The Morgan fingerprint density at radius 2 is 1.56 bits per heavy atom. The number of nitrogens with zero attached hydrogens (tertiary/aromatic N) is 1. The van der Waals surface area contributed by atoms with Crippen LogP contribution in [0.3, 0.4) is 0 Å². The lowest BCUT2D eigenvalue weighted by Crippen LogP contribution is -2.31. The number of rotatable bonds is 7. The van der Waals surface area contributed by atoms with Crippen LogP contribution in [0.1, 0.15) is 27.1 Å². The molecule has 1 saturated heterocycles. The number of halogens is 2. The lowest BCUT2D eigenvalue weighted by Gasteiger charge is -2.15. The number of anilines is 1. The van der Waals surface area contributed by atoms with Crippen LogP contribution in [0.25, 0.3) is 0 Å². The third-order valence-corrected chi connectivity index (χ3v) is 6.51. The Morgan fingerprint density at radius 1 is 0.941 bits per heavy atom. The Balaban J connectivity index is 1.37. The highest BCUT2D eigenvalue weighted by Crippen LogP contribution is 2.34. The molecular formula is C25H17ClFNO5S. The number of Topliss-reactive ketones (excluding diaryl/α,β-unsaturated/α-hetero) is 1. The second-order valence-electron chi connectivity index (χ2n) is 7.38. The Bertz CT molecular complexity index is 1250. The average Bonchev–Trinajstić information content (AvgIpc) is 3.11. The van der Waals surface area contributed by atoms with Crippen molar-refractivity contribution in [3.05, 3.63) is 94.8 Å². The fourth-order valence-electron chi connectivity index (χ4n) is 3.32. The lowest BCUT2D eigenvalue weighted by atomic mass is 10.1. The number of ether oxygens (including phenoxy) is 1. The van der Waals surface area contributed by atoms with Gasteiger partial charge in [0.1, 0.15) is 5.82 Å². The third kappa shape index (κ3) is 5.35. The van der Waals surface area contributed by atoms with Gasteiger partial charge in [0, 0.05) is 21.9 Å². The molecule has 1 aliphatic rings. The van der Waals surface area contributed by atoms with Gasteiger partial charge < -0.3 is 4.74 Å². The van der Waals surface area contributed by atoms with Crippen LogP contribution >= 0.6 is 23.4 Å². The number of hydrogen-bond donors (Lipinski definition) is 0. The molecule has 0 bridgehead atoms. The van der Waals surface area contributed by atoms with Crippen LogP contribution in [-0.2, 0) is 14.3 Å². The Hall–Kier alpha value is -3.49. The van der Waals surface area contributed by atoms with E-state index in [0.29, 0.717) is 10.7 Å². The monoisotopic (exact) mass is 497 g/mol. The second-order valence-corrected chi connectivity index (χ2v) is 9.10. The maximum atomic E-state index is 13.0. The first-order valence-corrected chi connectivity index (χ1v) is 11.4. The molecule has 3 aromatic carbocycles. The van der Waals surface area contributed by atoms with E-state index >= 15 is 0 Å². The molecule has 3 aromatic rings. The summed E-state index contributed by atoms with van der Waals surface area (Å²) in [5.74, 6) is -2.36. The molecule has 1 atom stereocenters. The number of amides is 2. The first-order chi connectivity index (χ1) is 16.3. The van der Waals surface area contributed by atoms with E-state index in [1.165, 1.54) is 48.2 Å². The van der Waals surface area contributed by atoms with E-state index in [-0.39, 0.29) is 29.4 Å². The predicted octanol–water partition coefficient (Wildman–Crippen LogP) is 4.94. The van der Waals surface area contributed by atoms with Crippen molar-refractivity contribution in [2.24, 2.45) is 0 Å². The van der Waals surface area contributed by atoms with Gasteiger partial charge in [0.25, 0.3) is 0 Å². The van der Waals surface area contributed by atoms with Gasteiger partial charge >= 0.3 is 5.97 Å². The van der Waals surface area contributed by atoms with Crippen molar-refractivity contribution in [2.75, 3.05) is 11.5 Å². The number of esters is 1. The molecule has 0 radical (unpaired) electrons. The van der Waals surface area contributed by atoms with Crippen molar-refractivity contribution < 1.29 is 28.3 Å². The highest BCUT2D eigenvalue weighted by molar-refractivity contribution is 8.00. The predicted molar refractivity (Wildman–Crippen MR) is 126 cm³/mol. The van der Waals surface area contributed by atoms with Crippen molar-refractivity contribution in [1.29, 1.82) is 0 Å². The van der Waals surface area contributed by atoms with E-state index in [2.05, 4.69) is 0 Å². The van der Waals surface area contributed by atoms with Crippen molar-refractivity contribution in [3.8, 4) is 0 Å². The minimum absolute atomic E-state index is 0.0570. The number of benzene rings is 3. The van der Waals surface area contributed by atoms with Gasteiger partial charge in [-0.25, -0.2) is 14.1 Å². The summed E-state index contributed by atoms with van der Waals surface area (Å²) >= 11 is 7.18. The molecule has 9 heteroatoms. The number of imide groups is 1. The van der Waals surface area contributed by atoms with Gasteiger partial charge in [0.15, 0.2) is 12.4 Å². The quantitative estimate of drug-likeness (QED) is 0.261. The Labute approximate surface area is 203 Å². The van der Waals surface area contributed by atoms with Crippen molar-refractivity contribution in [3.63, 3.8) is 0 Å². The fourth-order valence-corrected chi connectivity index (χ4v) is 4.50. The smallest absolute Gasteiger partial charge is 0.338 e. The largest absolute Gasteiger partial charge is 0.454 e. The zero-order valence-corrected chi connectivity index (χ0v) is 19.1. The molecule has 2 amide bonds. The van der Waals surface area contributed by atoms with Crippen LogP contribution in [-0.4, -0.2) is 35.4 Å². The zero-order chi connectivity index (χ0) is 24.2. The minimum Gasteiger partial charge on any atom is -0.454 e. The van der Waals surface area contributed by atoms with Gasteiger partial charge in [-0.3, -0.25) is 14.4 Å². The molecule has 1 aliphatic heterocycles. The topological polar surface area (TPSA) is 80.8 Å². The summed E-state index contributed by atoms with van der Waals surface area (Å²) in [6.45, 7) is -0.501.